The molecule has 0 radical (unpaired) electrons. The van der Waals surface area contributed by atoms with Crippen molar-refractivity contribution in [3.8, 4) is 11.3 Å². The molecule has 16 heteroatoms. The van der Waals surface area contributed by atoms with Gasteiger partial charge in [-0.3, -0.25) is 4.90 Å². The Morgan fingerprint density at radius 1 is 1.00 bits per heavy atom. The van der Waals surface area contributed by atoms with Gasteiger partial charge in [-0.05, 0) is 95.1 Å². The lowest BCUT2D eigenvalue weighted by Crippen LogP contribution is -2.55. The molecule has 15 nitrogen and oxygen atoms in total. The van der Waals surface area contributed by atoms with E-state index in [1.807, 2.05) is 27.7 Å². The van der Waals surface area contributed by atoms with Gasteiger partial charge in [0.1, 0.15) is 33.8 Å². The number of hydrogen-bond acceptors (Lipinski definition) is 12. The van der Waals surface area contributed by atoms with E-state index in [-0.39, 0.29) is 46.3 Å². The lowest BCUT2D eigenvalue weighted by molar-refractivity contribution is 0.0432. The number of pyridine rings is 1. The molecule has 5 rings (SSSR count). The van der Waals surface area contributed by atoms with Crippen LogP contribution in [0.15, 0.2) is 18.5 Å². The quantitative estimate of drug-likeness (QED) is 0.267. The molecule has 2 atom stereocenters. The smallest absolute Gasteiger partial charge is 0.437 e. The molecule has 0 unspecified atom stereocenters. The lowest BCUT2D eigenvalue weighted by atomic mass is 9.73. The minimum Gasteiger partial charge on any atom is -0.444 e. The summed E-state index contributed by atoms with van der Waals surface area (Å²) in [4.78, 5) is 56.9. The summed E-state index contributed by atoms with van der Waals surface area (Å²) in [5.41, 5.74) is -1.31. The van der Waals surface area contributed by atoms with Gasteiger partial charge in [-0.25, -0.2) is 29.3 Å². The third-order valence-electron chi connectivity index (χ3n) is 8.76. The zero-order valence-corrected chi connectivity index (χ0v) is 32.8. The first-order valence-electron chi connectivity index (χ1n) is 17.6. The third kappa shape index (κ3) is 8.52. The van der Waals surface area contributed by atoms with Crippen LogP contribution in [0.1, 0.15) is 89.0 Å². The standard InChI is InChI=1S/C36H51ClN8O7/c1-12-44(31(47)51-34(6,7)8)28-24(37)22(13-16-38-28)25-26-29(45(42-25)32(48)52-35(9,10)11)40-23(19-39-26)43-17-14-36(15-18-43)20-49-21(2)27(36)41-30(46)50-33(3,4)5/h13,16,19,21,27H,12,14-15,17-18,20H2,1-11H3,(H,41,46)/t21-,27+/m0/s1. The normalized spacial score (nSPS) is 19.1. The minimum absolute atomic E-state index is 0.126. The Balaban J connectivity index is 1.48. The van der Waals surface area contributed by atoms with Crippen molar-refractivity contribution in [2.24, 2.45) is 5.41 Å². The summed E-state index contributed by atoms with van der Waals surface area (Å²) in [6.45, 7) is 21.8. The molecule has 3 aromatic heterocycles. The number of anilines is 2. The van der Waals surface area contributed by atoms with Crippen molar-refractivity contribution in [3.63, 3.8) is 0 Å². The fraction of sp³-hybridized carbons (Fsp3) is 0.639. The zero-order chi connectivity index (χ0) is 38.4. The highest BCUT2D eigenvalue weighted by atomic mass is 35.5. The average molecular weight is 743 g/mol. The summed E-state index contributed by atoms with van der Waals surface area (Å²) in [5.74, 6) is 0.721. The number of amides is 2. The van der Waals surface area contributed by atoms with Gasteiger partial charge in [0.05, 0.1) is 30.0 Å². The molecule has 2 fully saturated rings. The van der Waals surface area contributed by atoms with Crippen LogP contribution in [0.2, 0.25) is 5.02 Å². The van der Waals surface area contributed by atoms with Gasteiger partial charge >= 0.3 is 18.3 Å². The summed E-state index contributed by atoms with van der Waals surface area (Å²) in [6.07, 6.45) is 2.60. The monoisotopic (exact) mass is 742 g/mol. The van der Waals surface area contributed by atoms with Crippen molar-refractivity contribution in [2.75, 3.05) is 36.0 Å². The van der Waals surface area contributed by atoms with Crippen molar-refractivity contribution in [1.82, 2.24) is 30.0 Å². The molecule has 0 aliphatic carbocycles. The largest absolute Gasteiger partial charge is 0.444 e. The number of ether oxygens (including phenoxy) is 4. The fourth-order valence-corrected chi connectivity index (χ4v) is 6.76. The van der Waals surface area contributed by atoms with Gasteiger partial charge in [-0.2, -0.15) is 5.10 Å². The fourth-order valence-electron chi connectivity index (χ4n) is 6.45. The Morgan fingerprint density at radius 3 is 2.23 bits per heavy atom. The lowest BCUT2D eigenvalue weighted by Gasteiger charge is -2.42. The Kier molecular flexibility index (Phi) is 10.7. The predicted molar refractivity (Wildman–Crippen MR) is 197 cm³/mol. The van der Waals surface area contributed by atoms with Crippen LogP contribution in [0.3, 0.4) is 0 Å². The molecule has 0 aromatic carbocycles. The Morgan fingerprint density at radius 2 is 1.63 bits per heavy atom. The third-order valence-corrected chi connectivity index (χ3v) is 9.14. The SMILES string of the molecule is CCN(C(=O)OC(C)(C)C)c1nccc(-c2nn(C(=O)OC(C)(C)C)c3nc(N4CCC5(CC4)CO[C@@H](C)[C@H]5NC(=O)OC(C)(C)C)cnc23)c1Cl. The molecule has 2 aliphatic rings. The van der Waals surface area contributed by atoms with E-state index in [4.69, 9.17) is 40.5 Å². The number of nitrogens with one attached hydrogen (secondary N) is 1. The van der Waals surface area contributed by atoms with Crippen molar-refractivity contribution in [3.05, 3.63) is 23.5 Å². The van der Waals surface area contributed by atoms with Crippen LogP contribution in [0.5, 0.6) is 0 Å². The Labute approximate surface area is 309 Å². The van der Waals surface area contributed by atoms with E-state index in [0.29, 0.717) is 36.6 Å². The second-order valence-corrected chi connectivity index (χ2v) is 16.7. The number of carbonyl (C=O) groups excluding carboxylic acids is 3. The van der Waals surface area contributed by atoms with Gasteiger partial charge in [0, 0.05) is 36.8 Å². The number of halogens is 1. The molecule has 52 heavy (non-hydrogen) atoms. The van der Waals surface area contributed by atoms with Crippen LogP contribution in [0.4, 0.5) is 26.0 Å². The number of alkyl carbamates (subject to hydrolysis) is 1. The maximum Gasteiger partial charge on any atom is 0.437 e. The Bertz CT molecular complexity index is 1820. The zero-order valence-electron chi connectivity index (χ0n) is 32.0. The van der Waals surface area contributed by atoms with Crippen LogP contribution < -0.4 is 15.1 Å². The summed E-state index contributed by atoms with van der Waals surface area (Å²) >= 11 is 6.95. The van der Waals surface area contributed by atoms with Crippen LogP contribution >= 0.6 is 11.6 Å². The van der Waals surface area contributed by atoms with Crippen LogP contribution in [0.25, 0.3) is 22.4 Å². The highest BCUT2D eigenvalue weighted by Crippen LogP contribution is 2.43. The van der Waals surface area contributed by atoms with Crippen molar-refractivity contribution in [2.45, 2.75) is 118 Å². The van der Waals surface area contributed by atoms with E-state index in [9.17, 15) is 14.4 Å². The van der Waals surface area contributed by atoms with Crippen molar-refractivity contribution >= 4 is 52.7 Å². The van der Waals surface area contributed by atoms with Gasteiger partial charge in [-0.15, -0.1) is 4.68 Å². The van der Waals surface area contributed by atoms with Crippen LogP contribution in [-0.4, -0.2) is 98.2 Å². The first kappa shape index (κ1) is 39.0. The number of rotatable bonds is 5. The number of hydrogen-bond donors (Lipinski definition) is 1. The molecular weight excluding hydrogens is 692 g/mol. The molecule has 0 saturated carbocycles. The highest BCUT2D eigenvalue weighted by molar-refractivity contribution is 6.36. The summed E-state index contributed by atoms with van der Waals surface area (Å²) in [7, 11) is 0. The Hall–Kier alpha value is -4.24. The van der Waals surface area contributed by atoms with Gasteiger partial charge in [-0.1, -0.05) is 11.6 Å². The summed E-state index contributed by atoms with van der Waals surface area (Å²) < 4.78 is 24.0. The maximum atomic E-state index is 13.6. The van der Waals surface area contributed by atoms with Gasteiger partial charge in [0.15, 0.2) is 11.5 Å². The van der Waals surface area contributed by atoms with E-state index >= 15 is 0 Å². The molecule has 1 N–H and O–H groups in total. The van der Waals surface area contributed by atoms with E-state index < -0.39 is 35.1 Å². The molecule has 1 spiro atoms. The molecule has 5 heterocycles. The molecule has 2 aliphatic heterocycles. The number of carbonyl (C=O) groups is 3. The second-order valence-electron chi connectivity index (χ2n) is 16.4. The topological polar surface area (TPSA) is 163 Å². The van der Waals surface area contributed by atoms with E-state index in [1.165, 1.54) is 11.1 Å². The molecule has 3 aromatic rings. The molecule has 0 bridgehead atoms. The van der Waals surface area contributed by atoms with Crippen LogP contribution in [-0.2, 0) is 18.9 Å². The number of fused-ring (bicyclic) bond motifs is 1. The first-order valence-corrected chi connectivity index (χ1v) is 18.0. The van der Waals surface area contributed by atoms with E-state index in [2.05, 4.69) is 20.3 Å². The van der Waals surface area contributed by atoms with E-state index in [1.54, 1.807) is 60.7 Å². The molecule has 2 amide bonds. The number of nitrogens with zero attached hydrogens (tertiary/aromatic N) is 7. The summed E-state index contributed by atoms with van der Waals surface area (Å²) in [5, 5.41) is 7.84. The van der Waals surface area contributed by atoms with Gasteiger partial charge < -0.3 is 29.2 Å². The van der Waals surface area contributed by atoms with E-state index in [0.717, 1.165) is 17.5 Å². The molecule has 2 saturated heterocycles. The second kappa shape index (κ2) is 14.3. The van der Waals surface area contributed by atoms with Gasteiger partial charge in [0.2, 0.25) is 0 Å². The minimum atomic E-state index is -0.817. The van der Waals surface area contributed by atoms with Crippen molar-refractivity contribution < 1.29 is 33.3 Å². The van der Waals surface area contributed by atoms with Crippen molar-refractivity contribution in [1.29, 1.82) is 0 Å². The van der Waals surface area contributed by atoms with Crippen LogP contribution in [0, 0.1) is 5.41 Å². The number of aromatic nitrogens is 5. The maximum absolute atomic E-state index is 13.6. The first-order chi connectivity index (χ1) is 24.1. The summed E-state index contributed by atoms with van der Waals surface area (Å²) in [6, 6.07) is 1.42. The number of piperidine rings is 1. The highest BCUT2D eigenvalue weighted by Gasteiger charge is 2.50. The van der Waals surface area contributed by atoms with Gasteiger partial charge in [0.25, 0.3) is 0 Å². The molecule has 284 valence electrons. The molecular formula is C36H51ClN8O7. The average Bonchev–Trinajstić information content (AvgIpc) is 3.53. The predicted octanol–water partition coefficient (Wildman–Crippen LogP) is 6.98.